The second kappa shape index (κ2) is 11.3. The minimum absolute atomic E-state index is 0.0963. The maximum atomic E-state index is 12.8. The van der Waals surface area contributed by atoms with Crippen molar-refractivity contribution in [3.8, 4) is 0 Å². The van der Waals surface area contributed by atoms with E-state index in [2.05, 4.69) is 16.0 Å². The summed E-state index contributed by atoms with van der Waals surface area (Å²) < 4.78 is 10.8. The molecule has 0 bridgehead atoms. The topological polar surface area (TPSA) is 126 Å². The molecule has 0 fully saturated rings. The van der Waals surface area contributed by atoms with Crippen molar-refractivity contribution in [2.45, 2.75) is 65.7 Å². The first kappa shape index (κ1) is 28.7. The average Bonchev–Trinajstić information content (AvgIpc) is 2.81. The number of rotatable bonds is 6. The van der Waals surface area contributed by atoms with Gasteiger partial charge >= 0.3 is 18.2 Å². The molecule has 0 radical (unpaired) electrons. The molecule has 9 heteroatoms. The highest BCUT2D eigenvalue weighted by Gasteiger charge is 2.53. The Kier molecular flexibility index (Phi) is 8.51. The summed E-state index contributed by atoms with van der Waals surface area (Å²) in [5.74, 6) is -1.02. The van der Waals surface area contributed by atoms with Gasteiger partial charge in [0, 0.05) is 11.3 Å². The Morgan fingerprint density at radius 3 is 2.26 bits per heavy atom. The first-order chi connectivity index (χ1) is 17.7. The number of carboxylic acids is 1. The van der Waals surface area contributed by atoms with Gasteiger partial charge in [0.05, 0.1) is 5.69 Å². The zero-order valence-corrected chi connectivity index (χ0v) is 22.8. The van der Waals surface area contributed by atoms with Gasteiger partial charge in [0.25, 0.3) is 0 Å². The molecule has 1 aliphatic heterocycles. The van der Waals surface area contributed by atoms with Crippen LogP contribution in [0.25, 0.3) is 5.57 Å². The number of carboxylic acid groups (broad SMARTS) is 1. The summed E-state index contributed by atoms with van der Waals surface area (Å²) >= 11 is 0. The number of anilines is 2. The van der Waals surface area contributed by atoms with Crippen LogP contribution in [0.2, 0.25) is 0 Å². The van der Waals surface area contributed by atoms with Gasteiger partial charge in [-0.25, -0.2) is 14.4 Å². The van der Waals surface area contributed by atoms with E-state index < -0.39 is 34.7 Å². The summed E-state index contributed by atoms with van der Waals surface area (Å²) in [6.07, 6.45) is 1.12. The lowest BCUT2D eigenvalue weighted by atomic mass is 9.65. The number of benzene rings is 2. The van der Waals surface area contributed by atoms with Gasteiger partial charge in [-0.2, -0.15) is 0 Å². The summed E-state index contributed by atoms with van der Waals surface area (Å²) in [4.78, 5) is 38.0. The van der Waals surface area contributed by atoms with Crippen LogP contribution in [0.4, 0.5) is 21.0 Å². The largest absolute Gasteiger partial charge is 0.480 e. The molecule has 0 aromatic heterocycles. The minimum atomic E-state index is -1.42. The number of amides is 2. The van der Waals surface area contributed by atoms with E-state index in [1.165, 1.54) is 0 Å². The van der Waals surface area contributed by atoms with Crippen molar-refractivity contribution < 1.29 is 29.0 Å². The normalized spacial score (nSPS) is 17.7. The Hall–Kier alpha value is -3.85. The van der Waals surface area contributed by atoms with E-state index in [0.29, 0.717) is 35.5 Å². The molecular formula is C29H37N3O6. The smallest absolute Gasteiger partial charge is 0.412 e. The zero-order chi connectivity index (χ0) is 28.1. The molecule has 4 N–H and O–H groups in total. The Bertz CT molecular complexity index is 1210. The maximum Gasteiger partial charge on any atom is 0.412 e. The van der Waals surface area contributed by atoms with Crippen molar-refractivity contribution in [3.05, 3.63) is 65.7 Å². The zero-order valence-electron chi connectivity index (χ0n) is 22.8. The molecule has 38 heavy (non-hydrogen) atoms. The summed E-state index contributed by atoms with van der Waals surface area (Å²) in [5.41, 5.74) is -0.357. The number of hydrogen-bond donors (Lipinski definition) is 4. The van der Waals surface area contributed by atoms with Crippen LogP contribution in [0.1, 0.15) is 59.1 Å². The first-order valence-corrected chi connectivity index (χ1v) is 12.5. The van der Waals surface area contributed by atoms with Gasteiger partial charge in [0.1, 0.15) is 17.7 Å². The fourth-order valence-corrected chi connectivity index (χ4v) is 4.47. The van der Waals surface area contributed by atoms with Crippen LogP contribution in [-0.2, 0) is 20.9 Å². The molecule has 1 heterocycles. The van der Waals surface area contributed by atoms with E-state index in [0.717, 1.165) is 5.56 Å². The van der Waals surface area contributed by atoms with Gasteiger partial charge in [-0.15, -0.1) is 0 Å². The number of ether oxygens (including phenoxy) is 2. The van der Waals surface area contributed by atoms with E-state index in [1.807, 2.05) is 57.2 Å². The van der Waals surface area contributed by atoms with Crippen LogP contribution in [0.5, 0.6) is 0 Å². The van der Waals surface area contributed by atoms with Crippen LogP contribution in [-0.4, -0.2) is 40.9 Å². The number of hydrogen-bond acceptors (Lipinski definition) is 6. The van der Waals surface area contributed by atoms with E-state index in [-0.39, 0.29) is 6.61 Å². The first-order valence-electron chi connectivity index (χ1n) is 12.5. The monoisotopic (exact) mass is 523 g/mol. The Labute approximate surface area is 223 Å². The van der Waals surface area contributed by atoms with Gasteiger partial charge in [0.15, 0.2) is 0 Å². The fraction of sp³-hybridized carbons (Fsp3) is 0.414. The molecule has 1 unspecified atom stereocenters. The van der Waals surface area contributed by atoms with Gasteiger partial charge < -0.3 is 14.6 Å². The summed E-state index contributed by atoms with van der Waals surface area (Å²) in [5, 5.41) is 19.1. The van der Waals surface area contributed by atoms with Crippen LogP contribution in [0.3, 0.4) is 0 Å². The lowest BCUT2D eigenvalue weighted by Crippen LogP contribution is -2.62. The highest BCUT2D eigenvalue weighted by molar-refractivity contribution is 6.02. The number of carbonyl (C=O) groups is 3. The van der Waals surface area contributed by atoms with E-state index in [4.69, 9.17) is 9.47 Å². The van der Waals surface area contributed by atoms with Crippen molar-refractivity contribution >= 4 is 35.1 Å². The molecule has 9 nitrogen and oxygen atoms in total. The number of nitrogens with one attached hydrogen (secondary N) is 3. The van der Waals surface area contributed by atoms with Crippen molar-refractivity contribution in [2.75, 3.05) is 17.2 Å². The van der Waals surface area contributed by atoms with Gasteiger partial charge in [-0.3, -0.25) is 16.0 Å². The van der Waals surface area contributed by atoms with Crippen LogP contribution >= 0.6 is 0 Å². The average molecular weight is 524 g/mol. The second-order valence-corrected chi connectivity index (χ2v) is 11.2. The summed E-state index contributed by atoms with van der Waals surface area (Å²) in [7, 11) is 0. The molecule has 1 aliphatic rings. The Morgan fingerprint density at radius 1 is 0.974 bits per heavy atom. The number of carbonyl (C=O) groups excluding carboxylic acids is 2. The molecule has 0 saturated heterocycles. The van der Waals surface area contributed by atoms with Crippen molar-refractivity contribution in [3.63, 3.8) is 0 Å². The van der Waals surface area contributed by atoms with Crippen molar-refractivity contribution in [2.24, 2.45) is 5.41 Å². The highest BCUT2D eigenvalue weighted by atomic mass is 16.6. The number of aliphatic carboxylic acids is 1. The van der Waals surface area contributed by atoms with Crippen molar-refractivity contribution in [1.29, 1.82) is 0 Å². The molecule has 2 aromatic rings. The van der Waals surface area contributed by atoms with Gasteiger partial charge in [0.2, 0.25) is 0 Å². The molecule has 3 rings (SSSR count). The highest BCUT2D eigenvalue weighted by Crippen LogP contribution is 2.45. The summed E-state index contributed by atoms with van der Waals surface area (Å²) in [6, 6.07) is 14.2. The lowest BCUT2D eigenvalue weighted by molar-refractivity contribution is -0.146. The Balaban J connectivity index is 1.97. The van der Waals surface area contributed by atoms with Gasteiger partial charge in [-0.1, -0.05) is 63.2 Å². The standard InChI is InChI=1S/C29H37N3O6/c1-27(2,3)29(24(33)34)22(13-10-16-30-29)21-15-14-20(17-23(21)32-26(36)38-28(4,5)6)31-25(35)37-18-19-11-8-7-9-12-19/h7-9,11-15,17,30H,10,16,18H2,1-6H3,(H,31,35)(H,32,36)(H,33,34). The molecule has 0 aliphatic carbocycles. The van der Waals surface area contributed by atoms with Gasteiger partial charge in [-0.05, 0) is 62.4 Å². The van der Waals surface area contributed by atoms with E-state index in [9.17, 15) is 19.5 Å². The van der Waals surface area contributed by atoms with Crippen LogP contribution in [0.15, 0.2) is 54.6 Å². The summed E-state index contributed by atoms with van der Waals surface area (Å²) in [6.45, 7) is 11.4. The fourth-order valence-electron chi connectivity index (χ4n) is 4.47. The van der Waals surface area contributed by atoms with E-state index in [1.54, 1.807) is 39.0 Å². The van der Waals surface area contributed by atoms with Crippen LogP contribution < -0.4 is 16.0 Å². The quantitative estimate of drug-likeness (QED) is 0.364. The minimum Gasteiger partial charge on any atom is -0.480 e. The third-order valence-corrected chi connectivity index (χ3v) is 6.14. The molecule has 2 aromatic carbocycles. The molecular weight excluding hydrogens is 486 g/mol. The van der Waals surface area contributed by atoms with Crippen LogP contribution in [0, 0.1) is 5.41 Å². The molecule has 204 valence electrons. The molecule has 2 amide bonds. The maximum absolute atomic E-state index is 12.8. The second-order valence-electron chi connectivity index (χ2n) is 11.2. The van der Waals surface area contributed by atoms with E-state index >= 15 is 0 Å². The Morgan fingerprint density at radius 2 is 1.66 bits per heavy atom. The third-order valence-electron chi connectivity index (χ3n) is 6.14. The third kappa shape index (κ3) is 6.72. The molecule has 0 spiro atoms. The van der Waals surface area contributed by atoms with Crippen molar-refractivity contribution in [1.82, 2.24) is 5.32 Å². The molecule has 0 saturated carbocycles. The predicted molar refractivity (Wildman–Crippen MR) is 147 cm³/mol. The lowest BCUT2D eigenvalue weighted by Gasteiger charge is -2.46. The predicted octanol–water partition coefficient (Wildman–Crippen LogP) is 6.03. The molecule has 1 atom stereocenters. The SMILES string of the molecule is CC(C)(C)OC(=O)Nc1cc(NC(=O)OCc2ccccc2)ccc1C1=CCCNC1(C(=O)O)C(C)(C)C.